The van der Waals surface area contributed by atoms with E-state index < -0.39 is 6.10 Å². The van der Waals surface area contributed by atoms with E-state index in [1.807, 2.05) is 50.2 Å². The van der Waals surface area contributed by atoms with Gasteiger partial charge in [-0.2, -0.15) is 0 Å². The molecule has 4 heteroatoms. The van der Waals surface area contributed by atoms with Crippen LogP contribution in [-0.4, -0.2) is 12.0 Å². The average molecular weight is 304 g/mol. The number of carbonyl (C=O) groups is 1. The van der Waals surface area contributed by atoms with Gasteiger partial charge in [0.15, 0.2) is 6.10 Å². The lowest BCUT2D eigenvalue weighted by Gasteiger charge is -2.18. The molecule has 0 aromatic heterocycles. The molecule has 0 saturated heterocycles. The fraction of sp³-hybridized carbons (Fsp3) is 0.235. The van der Waals surface area contributed by atoms with Gasteiger partial charge in [-0.15, -0.1) is 0 Å². The number of para-hydroxylation sites is 2. The molecule has 0 radical (unpaired) electrons. The van der Waals surface area contributed by atoms with Crippen molar-refractivity contribution in [1.82, 2.24) is 0 Å². The van der Waals surface area contributed by atoms with Crippen molar-refractivity contribution < 1.29 is 9.53 Å². The van der Waals surface area contributed by atoms with E-state index in [0.717, 1.165) is 11.3 Å². The molecule has 0 unspecified atom stereocenters. The highest BCUT2D eigenvalue weighted by molar-refractivity contribution is 6.33. The second-order valence-electron chi connectivity index (χ2n) is 4.75. The van der Waals surface area contributed by atoms with E-state index in [4.69, 9.17) is 16.3 Å². The molecule has 0 spiro atoms. The molecule has 1 N–H and O–H groups in total. The minimum absolute atomic E-state index is 0.200. The van der Waals surface area contributed by atoms with Gasteiger partial charge in [0.2, 0.25) is 0 Å². The number of aryl methyl sites for hydroxylation is 1. The van der Waals surface area contributed by atoms with Gasteiger partial charge in [0.1, 0.15) is 5.75 Å². The smallest absolute Gasteiger partial charge is 0.265 e. The van der Waals surface area contributed by atoms with Crippen molar-refractivity contribution in [1.29, 1.82) is 0 Å². The highest BCUT2D eigenvalue weighted by Gasteiger charge is 2.19. The summed E-state index contributed by atoms with van der Waals surface area (Å²) in [6.07, 6.45) is 0.0207. The molecule has 21 heavy (non-hydrogen) atoms. The van der Waals surface area contributed by atoms with Crippen molar-refractivity contribution in [2.24, 2.45) is 0 Å². The fourth-order valence-electron chi connectivity index (χ4n) is 1.94. The summed E-state index contributed by atoms with van der Waals surface area (Å²) in [5.41, 5.74) is 1.59. The molecule has 2 rings (SSSR count). The molecule has 0 aliphatic heterocycles. The number of hydrogen-bond donors (Lipinski definition) is 1. The molecule has 110 valence electrons. The molecule has 2 aromatic rings. The highest BCUT2D eigenvalue weighted by Crippen LogP contribution is 2.22. The van der Waals surface area contributed by atoms with Gasteiger partial charge in [-0.3, -0.25) is 4.79 Å². The van der Waals surface area contributed by atoms with Gasteiger partial charge in [0.25, 0.3) is 5.91 Å². The maximum atomic E-state index is 12.3. The van der Waals surface area contributed by atoms with Crippen LogP contribution in [0.4, 0.5) is 5.69 Å². The number of hydrogen-bond acceptors (Lipinski definition) is 2. The zero-order valence-corrected chi connectivity index (χ0v) is 12.9. The predicted molar refractivity (Wildman–Crippen MR) is 86.0 cm³/mol. The van der Waals surface area contributed by atoms with Crippen LogP contribution >= 0.6 is 11.6 Å². The number of ether oxygens (including phenoxy) is 1. The van der Waals surface area contributed by atoms with Crippen LogP contribution in [0.3, 0.4) is 0 Å². The van der Waals surface area contributed by atoms with E-state index in [0.29, 0.717) is 17.1 Å². The number of carbonyl (C=O) groups excluding carboxylic acids is 1. The van der Waals surface area contributed by atoms with E-state index in [9.17, 15) is 4.79 Å². The first kappa shape index (κ1) is 15.4. The summed E-state index contributed by atoms with van der Waals surface area (Å²) in [7, 11) is 0. The molecule has 2 aromatic carbocycles. The van der Waals surface area contributed by atoms with Gasteiger partial charge in [0.05, 0.1) is 10.7 Å². The summed E-state index contributed by atoms with van der Waals surface area (Å²) in [4.78, 5) is 12.3. The van der Waals surface area contributed by atoms with E-state index in [-0.39, 0.29) is 5.91 Å². The van der Waals surface area contributed by atoms with Gasteiger partial charge >= 0.3 is 0 Å². The minimum Gasteiger partial charge on any atom is -0.480 e. The Morgan fingerprint density at radius 1 is 1.19 bits per heavy atom. The Bertz CT molecular complexity index is 628. The van der Waals surface area contributed by atoms with Crippen molar-refractivity contribution in [3.8, 4) is 5.75 Å². The lowest BCUT2D eigenvalue weighted by Crippen LogP contribution is -2.32. The van der Waals surface area contributed by atoms with E-state index in [1.54, 1.807) is 12.1 Å². The van der Waals surface area contributed by atoms with Gasteiger partial charge in [-0.25, -0.2) is 0 Å². The third-order valence-corrected chi connectivity index (χ3v) is 3.49. The Morgan fingerprint density at radius 3 is 2.52 bits per heavy atom. The summed E-state index contributed by atoms with van der Waals surface area (Å²) >= 11 is 6.05. The molecule has 1 atom stereocenters. The fourth-order valence-corrected chi connectivity index (χ4v) is 2.12. The Morgan fingerprint density at radius 2 is 1.86 bits per heavy atom. The predicted octanol–water partition coefficient (Wildman–Crippen LogP) is 4.44. The van der Waals surface area contributed by atoms with Crippen LogP contribution in [0.1, 0.15) is 18.9 Å². The average Bonchev–Trinajstić information content (AvgIpc) is 2.48. The van der Waals surface area contributed by atoms with Gasteiger partial charge in [0, 0.05) is 0 Å². The molecule has 0 bridgehead atoms. The van der Waals surface area contributed by atoms with Crippen LogP contribution in [0.25, 0.3) is 0 Å². The van der Waals surface area contributed by atoms with Crippen molar-refractivity contribution in [3.63, 3.8) is 0 Å². The number of amides is 1. The minimum atomic E-state index is -0.553. The normalized spacial score (nSPS) is 11.8. The molecule has 0 aliphatic carbocycles. The number of halogens is 1. The topological polar surface area (TPSA) is 38.3 Å². The number of nitrogens with one attached hydrogen (secondary N) is 1. The van der Waals surface area contributed by atoms with Crippen LogP contribution in [-0.2, 0) is 4.79 Å². The number of anilines is 1. The molecule has 0 saturated carbocycles. The third-order valence-electron chi connectivity index (χ3n) is 3.16. The monoisotopic (exact) mass is 303 g/mol. The molecule has 3 nitrogen and oxygen atoms in total. The Balaban J connectivity index is 2.09. The first-order valence-electron chi connectivity index (χ1n) is 6.89. The van der Waals surface area contributed by atoms with Crippen LogP contribution in [0.2, 0.25) is 5.02 Å². The first-order chi connectivity index (χ1) is 10.1. The van der Waals surface area contributed by atoms with Gasteiger partial charge < -0.3 is 10.1 Å². The Kier molecular flexibility index (Phi) is 5.23. The first-order valence-corrected chi connectivity index (χ1v) is 7.27. The summed E-state index contributed by atoms with van der Waals surface area (Å²) in [5, 5.41) is 3.32. The van der Waals surface area contributed by atoms with Crippen LogP contribution in [0.5, 0.6) is 5.75 Å². The molecule has 0 heterocycles. The Hall–Kier alpha value is -2.00. The molecule has 1 amide bonds. The van der Waals surface area contributed by atoms with Crippen molar-refractivity contribution >= 4 is 23.2 Å². The zero-order chi connectivity index (χ0) is 15.2. The lowest BCUT2D eigenvalue weighted by molar-refractivity contribution is -0.122. The van der Waals surface area contributed by atoms with Gasteiger partial charge in [-0.1, -0.05) is 48.9 Å². The molecule has 0 fully saturated rings. The largest absolute Gasteiger partial charge is 0.480 e. The van der Waals surface area contributed by atoms with Crippen molar-refractivity contribution in [2.75, 3.05) is 5.32 Å². The van der Waals surface area contributed by atoms with E-state index >= 15 is 0 Å². The van der Waals surface area contributed by atoms with Gasteiger partial charge in [-0.05, 0) is 37.1 Å². The highest BCUT2D eigenvalue weighted by atomic mass is 35.5. The van der Waals surface area contributed by atoms with E-state index in [1.165, 1.54) is 0 Å². The second-order valence-corrected chi connectivity index (χ2v) is 5.16. The summed E-state index contributed by atoms with van der Waals surface area (Å²) in [6.45, 7) is 3.86. The number of rotatable bonds is 5. The van der Waals surface area contributed by atoms with E-state index in [2.05, 4.69) is 5.32 Å². The summed E-state index contributed by atoms with van der Waals surface area (Å²) < 4.78 is 5.81. The quantitative estimate of drug-likeness (QED) is 0.886. The SMILES string of the molecule is CC[C@H](Oc1ccccc1C)C(=O)Nc1ccccc1Cl. The third kappa shape index (κ3) is 3.99. The van der Waals surface area contributed by atoms with Crippen molar-refractivity contribution in [2.45, 2.75) is 26.4 Å². The standard InChI is InChI=1S/C17H18ClNO2/c1-3-15(21-16-11-7-4-8-12(16)2)17(20)19-14-10-6-5-9-13(14)18/h4-11,15H,3H2,1-2H3,(H,19,20)/t15-/m0/s1. The lowest BCUT2D eigenvalue weighted by atomic mass is 10.2. The maximum Gasteiger partial charge on any atom is 0.265 e. The second kappa shape index (κ2) is 7.14. The van der Waals surface area contributed by atoms with Crippen LogP contribution in [0.15, 0.2) is 48.5 Å². The summed E-state index contributed by atoms with van der Waals surface area (Å²) in [5.74, 6) is 0.521. The number of benzene rings is 2. The molecular formula is C17H18ClNO2. The maximum absolute atomic E-state index is 12.3. The van der Waals surface area contributed by atoms with Crippen LogP contribution in [0, 0.1) is 6.92 Å². The van der Waals surface area contributed by atoms with Crippen molar-refractivity contribution in [3.05, 3.63) is 59.1 Å². The molecular weight excluding hydrogens is 286 g/mol. The summed E-state index contributed by atoms with van der Waals surface area (Å²) in [6, 6.07) is 14.8. The molecule has 0 aliphatic rings. The zero-order valence-electron chi connectivity index (χ0n) is 12.1. The Labute approximate surface area is 129 Å². The van der Waals surface area contributed by atoms with Crippen LogP contribution < -0.4 is 10.1 Å².